The van der Waals surface area contributed by atoms with Gasteiger partial charge in [0.05, 0.1) is 5.56 Å². The van der Waals surface area contributed by atoms with Crippen molar-refractivity contribution in [3.05, 3.63) is 29.6 Å². The summed E-state index contributed by atoms with van der Waals surface area (Å²) in [6, 6.07) is 3.39. The third-order valence-corrected chi connectivity index (χ3v) is 2.70. The molecule has 0 aliphatic rings. The fourth-order valence-corrected chi connectivity index (χ4v) is 1.72. The smallest absolute Gasteiger partial charge is 0.254 e. The van der Waals surface area contributed by atoms with E-state index in [1.165, 1.54) is 12.1 Å². The van der Waals surface area contributed by atoms with Crippen molar-refractivity contribution in [1.82, 2.24) is 5.32 Å². The second-order valence-electron chi connectivity index (χ2n) is 3.72. The van der Waals surface area contributed by atoms with Crippen LogP contribution in [0.25, 0.3) is 0 Å². The predicted octanol–water partition coefficient (Wildman–Crippen LogP) is 2.67. The summed E-state index contributed by atoms with van der Waals surface area (Å²) in [5.41, 5.74) is -0.0733. The van der Waals surface area contributed by atoms with Gasteiger partial charge >= 0.3 is 0 Å². The highest BCUT2D eigenvalue weighted by Gasteiger charge is 2.15. The van der Waals surface area contributed by atoms with Crippen molar-refractivity contribution in [1.29, 1.82) is 0 Å². The maximum Gasteiger partial charge on any atom is 0.254 e. The molecule has 0 fully saturated rings. The first-order valence-corrected chi connectivity index (χ1v) is 5.97. The van der Waals surface area contributed by atoms with Crippen molar-refractivity contribution >= 4 is 17.5 Å². The summed E-state index contributed by atoms with van der Waals surface area (Å²) in [5, 5.41) is 11.7. The van der Waals surface area contributed by atoms with Gasteiger partial charge in [-0.3, -0.25) is 4.79 Å². The first kappa shape index (κ1) is 13.8. The topological polar surface area (TPSA) is 49.3 Å². The van der Waals surface area contributed by atoms with Gasteiger partial charge in [0.15, 0.2) is 0 Å². The van der Waals surface area contributed by atoms with E-state index in [-0.39, 0.29) is 17.4 Å². The van der Waals surface area contributed by atoms with Crippen LogP contribution in [0.2, 0.25) is 0 Å². The second kappa shape index (κ2) is 6.45. The van der Waals surface area contributed by atoms with Gasteiger partial charge in [0, 0.05) is 18.0 Å². The number of hydrogen-bond donors (Lipinski definition) is 2. The largest absolute Gasteiger partial charge is 0.508 e. The van der Waals surface area contributed by atoms with Crippen molar-refractivity contribution in [3.8, 4) is 5.75 Å². The number of nitrogens with one attached hydrogen (secondary N) is 1. The molecule has 0 radical (unpaired) electrons. The van der Waals surface area contributed by atoms with E-state index in [1.54, 1.807) is 0 Å². The Hall–Kier alpha value is -1.29. The maximum atomic E-state index is 13.4. The van der Waals surface area contributed by atoms with Crippen LogP contribution >= 0.6 is 11.6 Å². The van der Waals surface area contributed by atoms with Crippen LogP contribution in [0.1, 0.15) is 30.1 Å². The van der Waals surface area contributed by atoms with E-state index in [0.717, 1.165) is 12.5 Å². The molecule has 1 atom stereocenters. The van der Waals surface area contributed by atoms with E-state index in [1.807, 2.05) is 6.92 Å². The number of halogens is 2. The Morgan fingerprint density at radius 3 is 2.82 bits per heavy atom. The molecule has 94 valence electrons. The van der Waals surface area contributed by atoms with Crippen molar-refractivity contribution in [3.63, 3.8) is 0 Å². The maximum absolute atomic E-state index is 13.4. The summed E-state index contributed by atoms with van der Waals surface area (Å²) in [6.45, 7) is 1.92. The summed E-state index contributed by atoms with van der Waals surface area (Å²) >= 11 is 5.60. The molecule has 0 aliphatic carbocycles. The Balaban J connectivity index is 2.75. The first-order chi connectivity index (χ1) is 8.08. The molecule has 1 unspecified atom stereocenters. The Kier molecular flexibility index (Phi) is 5.22. The predicted molar refractivity (Wildman–Crippen MR) is 64.9 cm³/mol. The molecule has 0 heterocycles. The number of phenols is 1. The fraction of sp³-hybridized carbons (Fsp3) is 0.417. The highest BCUT2D eigenvalue weighted by Crippen LogP contribution is 2.15. The van der Waals surface area contributed by atoms with Crippen molar-refractivity contribution in [2.24, 2.45) is 0 Å². The van der Waals surface area contributed by atoms with Crippen molar-refractivity contribution in [2.45, 2.75) is 25.8 Å². The summed E-state index contributed by atoms with van der Waals surface area (Å²) in [7, 11) is 0. The van der Waals surface area contributed by atoms with Crippen LogP contribution in [-0.2, 0) is 0 Å². The summed E-state index contributed by atoms with van der Waals surface area (Å²) in [6.07, 6.45) is 1.38. The monoisotopic (exact) mass is 259 g/mol. The molecule has 0 bridgehead atoms. The molecule has 1 amide bonds. The number of carbonyl (C=O) groups excluding carboxylic acids is 1. The Morgan fingerprint density at radius 1 is 1.59 bits per heavy atom. The van der Waals surface area contributed by atoms with Crippen LogP contribution in [0.4, 0.5) is 4.39 Å². The lowest BCUT2D eigenvalue weighted by atomic mass is 10.1. The molecule has 5 heteroatoms. The van der Waals surface area contributed by atoms with Gasteiger partial charge in [0.2, 0.25) is 0 Å². The van der Waals surface area contributed by atoms with Crippen LogP contribution in [0, 0.1) is 5.82 Å². The normalized spacial score (nSPS) is 12.2. The van der Waals surface area contributed by atoms with Gasteiger partial charge in [-0.15, -0.1) is 11.6 Å². The minimum Gasteiger partial charge on any atom is -0.508 e. The zero-order chi connectivity index (χ0) is 12.8. The third kappa shape index (κ3) is 3.89. The zero-order valence-corrected chi connectivity index (χ0v) is 10.3. The number of benzene rings is 1. The summed E-state index contributed by atoms with van der Waals surface area (Å²) in [4.78, 5) is 11.7. The Bertz CT molecular complexity index is 398. The van der Waals surface area contributed by atoms with Gasteiger partial charge in [-0.2, -0.15) is 0 Å². The molecule has 0 aliphatic heterocycles. The number of carbonyl (C=O) groups is 1. The number of alkyl halides is 1. The molecule has 0 saturated heterocycles. The van der Waals surface area contributed by atoms with Gasteiger partial charge in [-0.05, 0) is 25.0 Å². The molecular formula is C12H15ClFNO2. The molecule has 0 saturated carbocycles. The van der Waals surface area contributed by atoms with E-state index in [2.05, 4.69) is 5.32 Å². The number of rotatable bonds is 5. The Morgan fingerprint density at radius 2 is 2.29 bits per heavy atom. The van der Waals surface area contributed by atoms with Crippen LogP contribution < -0.4 is 5.32 Å². The van der Waals surface area contributed by atoms with E-state index in [0.29, 0.717) is 12.3 Å². The lowest BCUT2D eigenvalue weighted by Gasteiger charge is -2.15. The summed E-state index contributed by atoms with van der Waals surface area (Å²) in [5.74, 6) is -0.980. The molecule has 3 nitrogen and oxygen atoms in total. The molecule has 2 N–H and O–H groups in total. The highest BCUT2D eigenvalue weighted by atomic mass is 35.5. The van der Waals surface area contributed by atoms with Gasteiger partial charge in [-0.25, -0.2) is 4.39 Å². The average molecular weight is 260 g/mol. The zero-order valence-electron chi connectivity index (χ0n) is 9.54. The van der Waals surface area contributed by atoms with Crippen LogP contribution in [0.3, 0.4) is 0 Å². The number of aromatic hydroxyl groups is 1. The van der Waals surface area contributed by atoms with Crippen molar-refractivity contribution in [2.75, 3.05) is 5.88 Å². The molecular weight excluding hydrogens is 245 g/mol. The molecule has 0 aromatic heterocycles. The third-order valence-electron chi connectivity index (χ3n) is 2.48. The standard InChI is InChI=1S/C12H15ClFNO2/c1-2-8(5-6-13)15-12(17)10-4-3-9(16)7-11(10)14/h3-4,7-8,16H,2,5-6H2,1H3,(H,15,17). The lowest BCUT2D eigenvalue weighted by Crippen LogP contribution is -2.35. The number of hydrogen-bond acceptors (Lipinski definition) is 2. The second-order valence-corrected chi connectivity index (χ2v) is 4.10. The first-order valence-electron chi connectivity index (χ1n) is 5.43. The molecule has 1 aromatic rings. The average Bonchev–Trinajstić information content (AvgIpc) is 2.28. The molecule has 1 rings (SSSR count). The molecule has 1 aromatic carbocycles. The lowest BCUT2D eigenvalue weighted by molar-refractivity contribution is 0.0931. The van der Waals surface area contributed by atoms with E-state index < -0.39 is 11.7 Å². The minimum atomic E-state index is -0.733. The van der Waals surface area contributed by atoms with Crippen molar-refractivity contribution < 1.29 is 14.3 Å². The van der Waals surface area contributed by atoms with Crippen LogP contribution in [-0.4, -0.2) is 22.9 Å². The quantitative estimate of drug-likeness (QED) is 0.799. The SMILES string of the molecule is CCC(CCCl)NC(=O)c1ccc(O)cc1F. The highest BCUT2D eigenvalue weighted by molar-refractivity contribution is 6.17. The molecule has 0 spiro atoms. The number of phenolic OH excluding ortho intramolecular Hbond substituents is 1. The minimum absolute atomic E-state index is 0.0618. The fourth-order valence-electron chi connectivity index (χ4n) is 1.46. The van der Waals surface area contributed by atoms with E-state index >= 15 is 0 Å². The summed E-state index contributed by atoms with van der Waals surface area (Å²) < 4.78 is 13.4. The van der Waals surface area contributed by atoms with E-state index in [9.17, 15) is 9.18 Å². The molecule has 17 heavy (non-hydrogen) atoms. The van der Waals surface area contributed by atoms with Gasteiger partial charge in [0.1, 0.15) is 11.6 Å². The van der Waals surface area contributed by atoms with E-state index in [4.69, 9.17) is 16.7 Å². The van der Waals surface area contributed by atoms with Gasteiger partial charge in [-0.1, -0.05) is 6.92 Å². The van der Waals surface area contributed by atoms with Crippen LogP contribution in [0.15, 0.2) is 18.2 Å². The van der Waals surface area contributed by atoms with Gasteiger partial charge < -0.3 is 10.4 Å². The van der Waals surface area contributed by atoms with Crippen LogP contribution in [0.5, 0.6) is 5.75 Å². The number of amides is 1. The Labute approximate surface area is 105 Å². The van der Waals surface area contributed by atoms with Gasteiger partial charge in [0.25, 0.3) is 5.91 Å².